The van der Waals surface area contributed by atoms with Crippen molar-refractivity contribution in [3.05, 3.63) is 23.5 Å². The van der Waals surface area contributed by atoms with E-state index < -0.39 is 0 Å². The Kier molecular flexibility index (Phi) is 4.95. The summed E-state index contributed by atoms with van der Waals surface area (Å²) < 4.78 is 5.50. The molecule has 110 valence electrons. The molecule has 1 aromatic heterocycles. The van der Waals surface area contributed by atoms with E-state index in [2.05, 4.69) is 15.6 Å². The van der Waals surface area contributed by atoms with Gasteiger partial charge >= 0.3 is 0 Å². The predicted octanol–water partition coefficient (Wildman–Crippen LogP) is 2.12. The van der Waals surface area contributed by atoms with E-state index in [1.807, 2.05) is 26.8 Å². The number of nitrogens with one attached hydrogen (secondary N) is 2. The lowest BCUT2D eigenvalue weighted by Crippen LogP contribution is -2.41. The Bertz CT molecular complexity index is 476. The number of hydrogen-bond donors (Lipinski definition) is 2. The lowest BCUT2D eigenvalue weighted by molar-refractivity contribution is 0.0137. The van der Waals surface area contributed by atoms with Crippen LogP contribution in [-0.2, 0) is 4.74 Å². The monoisotopic (exact) mass is 277 g/mol. The quantitative estimate of drug-likeness (QED) is 0.885. The van der Waals surface area contributed by atoms with E-state index in [0.717, 1.165) is 30.8 Å². The lowest BCUT2D eigenvalue weighted by Gasteiger charge is -2.28. The third kappa shape index (κ3) is 3.70. The number of hydrogen-bond acceptors (Lipinski definition) is 4. The van der Waals surface area contributed by atoms with Crippen molar-refractivity contribution >= 4 is 11.6 Å². The zero-order valence-corrected chi connectivity index (χ0v) is 12.4. The molecule has 2 heterocycles. The van der Waals surface area contributed by atoms with Gasteiger partial charge in [0.05, 0.1) is 17.4 Å². The number of anilines is 1. The molecule has 5 heteroatoms. The molecule has 0 radical (unpaired) electrons. The van der Waals surface area contributed by atoms with E-state index in [1.54, 1.807) is 6.20 Å². The average Bonchev–Trinajstić information content (AvgIpc) is 2.39. The van der Waals surface area contributed by atoms with E-state index >= 15 is 0 Å². The van der Waals surface area contributed by atoms with E-state index in [1.165, 1.54) is 0 Å². The lowest BCUT2D eigenvalue weighted by atomic mass is 10.0. The third-order valence-electron chi connectivity index (χ3n) is 3.47. The second-order valence-electron chi connectivity index (χ2n) is 5.28. The highest BCUT2D eigenvalue weighted by Gasteiger charge is 2.22. The smallest absolute Gasteiger partial charge is 0.255 e. The molecule has 1 aliphatic heterocycles. The standard InChI is InChI=1S/C15H23N3O2/c1-4-16-14-7-10(2)17-9-13(14)15(19)18-12-5-6-20-11(3)8-12/h7,9,11-12H,4-6,8H2,1-3H3,(H,16,17)(H,18,19). The van der Waals surface area contributed by atoms with Crippen molar-refractivity contribution in [1.82, 2.24) is 10.3 Å². The molecule has 0 aliphatic carbocycles. The summed E-state index contributed by atoms with van der Waals surface area (Å²) in [6.45, 7) is 7.45. The van der Waals surface area contributed by atoms with Crippen molar-refractivity contribution in [2.45, 2.75) is 45.8 Å². The molecule has 2 unspecified atom stereocenters. The number of pyridine rings is 1. The minimum atomic E-state index is -0.0625. The highest BCUT2D eigenvalue weighted by molar-refractivity contribution is 5.99. The molecule has 2 atom stereocenters. The first-order chi connectivity index (χ1) is 9.60. The highest BCUT2D eigenvalue weighted by atomic mass is 16.5. The molecule has 1 aliphatic rings. The fourth-order valence-corrected chi connectivity index (χ4v) is 2.47. The van der Waals surface area contributed by atoms with E-state index in [0.29, 0.717) is 12.2 Å². The SMILES string of the molecule is CCNc1cc(C)ncc1C(=O)NC1CCOC(C)C1. The number of ether oxygens (including phenoxy) is 1. The van der Waals surface area contributed by atoms with Crippen LogP contribution in [0.3, 0.4) is 0 Å². The summed E-state index contributed by atoms with van der Waals surface area (Å²) in [4.78, 5) is 16.6. The minimum absolute atomic E-state index is 0.0625. The van der Waals surface area contributed by atoms with Crippen LogP contribution in [0.25, 0.3) is 0 Å². The van der Waals surface area contributed by atoms with E-state index in [4.69, 9.17) is 4.74 Å². The first-order valence-electron chi connectivity index (χ1n) is 7.23. The van der Waals surface area contributed by atoms with Crippen LogP contribution >= 0.6 is 0 Å². The molecule has 0 aromatic carbocycles. The van der Waals surface area contributed by atoms with Crippen LogP contribution in [0.5, 0.6) is 0 Å². The van der Waals surface area contributed by atoms with E-state index in [9.17, 15) is 4.79 Å². The second kappa shape index (κ2) is 6.70. The van der Waals surface area contributed by atoms with Crippen molar-refractivity contribution in [2.24, 2.45) is 0 Å². The Balaban J connectivity index is 2.08. The Labute approximate surface area is 120 Å². The maximum absolute atomic E-state index is 12.4. The molecular weight excluding hydrogens is 254 g/mol. The number of aryl methyl sites for hydroxylation is 1. The van der Waals surface area contributed by atoms with Crippen molar-refractivity contribution in [1.29, 1.82) is 0 Å². The maximum Gasteiger partial charge on any atom is 0.255 e. The summed E-state index contributed by atoms with van der Waals surface area (Å²) in [5.74, 6) is -0.0625. The number of carbonyl (C=O) groups is 1. The summed E-state index contributed by atoms with van der Waals surface area (Å²) in [6.07, 6.45) is 3.58. The summed E-state index contributed by atoms with van der Waals surface area (Å²) in [5, 5.41) is 6.30. The molecule has 1 saturated heterocycles. The molecule has 2 rings (SSSR count). The summed E-state index contributed by atoms with van der Waals surface area (Å²) >= 11 is 0. The summed E-state index contributed by atoms with van der Waals surface area (Å²) in [6, 6.07) is 2.09. The van der Waals surface area contributed by atoms with Gasteiger partial charge in [-0.05, 0) is 39.7 Å². The molecule has 1 aromatic rings. The fraction of sp³-hybridized carbons (Fsp3) is 0.600. The second-order valence-corrected chi connectivity index (χ2v) is 5.28. The van der Waals surface area contributed by atoms with Crippen LogP contribution in [0.1, 0.15) is 42.7 Å². The van der Waals surface area contributed by atoms with Gasteiger partial charge in [-0.1, -0.05) is 0 Å². The number of rotatable bonds is 4. The van der Waals surface area contributed by atoms with Crippen LogP contribution in [0.2, 0.25) is 0 Å². The van der Waals surface area contributed by atoms with Crippen molar-refractivity contribution in [2.75, 3.05) is 18.5 Å². The van der Waals surface area contributed by atoms with Crippen LogP contribution < -0.4 is 10.6 Å². The number of aromatic nitrogens is 1. The third-order valence-corrected chi connectivity index (χ3v) is 3.47. The van der Waals surface area contributed by atoms with Gasteiger partial charge in [-0.25, -0.2) is 0 Å². The van der Waals surface area contributed by atoms with Gasteiger partial charge in [0.15, 0.2) is 0 Å². The Morgan fingerprint density at radius 3 is 3.05 bits per heavy atom. The summed E-state index contributed by atoms with van der Waals surface area (Å²) in [5.41, 5.74) is 2.35. The molecule has 0 spiro atoms. The van der Waals surface area contributed by atoms with Gasteiger partial charge in [0, 0.05) is 31.1 Å². The molecule has 5 nitrogen and oxygen atoms in total. The molecule has 2 N–H and O–H groups in total. The number of amides is 1. The van der Waals surface area contributed by atoms with Gasteiger partial charge in [-0.2, -0.15) is 0 Å². The normalized spacial score (nSPS) is 22.4. The number of carbonyl (C=O) groups excluding carboxylic acids is 1. The van der Waals surface area contributed by atoms with Gasteiger partial charge in [0.25, 0.3) is 5.91 Å². The number of nitrogens with zero attached hydrogens (tertiary/aromatic N) is 1. The maximum atomic E-state index is 12.4. The molecule has 1 amide bonds. The van der Waals surface area contributed by atoms with Crippen molar-refractivity contribution < 1.29 is 9.53 Å². The zero-order valence-electron chi connectivity index (χ0n) is 12.4. The van der Waals surface area contributed by atoms with Gasteiger partial charge in [0.1, 0.15) is 0 Å². The van der Waals surface area contributed by atoms with Crippen LogP contribution in [0.15, 0.2) is 12.3 Å². The largest absolute Gasteiger partial charge is 0.385 e. The zero-order chi connectivity index (χ0) is 14.5. The van der Waals surface area contributed by atoms with Gasteiger partial charge < -0.3 is 15.4 Å². The minimum Gasteiger partial charge on any atom is -0.385 e. The van der Waals surface area contributed by atoms with Crippen molar-refractivity contribution in [3.8, 4) is 0 Å². The first kappa shape index (κ1) is 14.8. The molecular formula is C15H23N3O2. The molecule has 0 bridgehead atoms. The topological polar surface area (TPSA) is 63.2 Å². The van der Waals surface area contributed by atoms with Crippen LogP contribution in [-0.4, -0.2) is 36.2 Å². The van der Waals surface area contributed by atoms with Crippen molar-refractivity contribution in [3.63, 3.8) is 0 Å². The first-order valence-corrected chi connectivity index (χ1v) is 7.23. The van der Waals surface area contributed by atoms with Crippen LogP contribution in [0.4, 0.5) is 5.69 Å². The Hall–Kier alpha value is -1.62. The van der Waals surface area contributed by atoms with Gasteiger partial charge in [-0.15, -0.1) is 0 Å². The fourth-order valence-electron chi connectivity index (χ4n) is 2.47. The highest BCUT2D eigenvalue weighted by Crippen LogP contribution is 2.18. The average molecular weight is 277 g/mol. The Morgan fingerprint density at radius 1 is 1.55 bits per heavy atom. The van der Waals surface area contributed by atoms with Gasteiger partial charge in [-0.3, -0.25) is 9.78 Å². The van der Waals surface area contributed by atoms with E-state index in [-0.39, 0.29) is 18.1 Å². The van der Waals surface area contributed by atoms with Crippen LogP contribution in [0, 0.1) is 6.92 Å². The Morgan fingerprint density at radius 2 is 2.35 bits per heavy atom. The molecule has 1 fully saturated rings. The summed E-state index contributed by atoms with van der Waals surface area (Å²) in [7, 11) is 0. The van der Waals surface area contributed by atoms with Gasteiger partial charge in [0.2, 0.25) is 0 Å². The molecule has 20 heavy (non-hydrogen) atoms. The molecule has 0 saturated carbocycles. The predicted molar refractivity (Wildman–Crippen MR) is 79.0 cm³/mol.